The molecule has 2 N–H and O–H groups in total. The maximum Gasteiger partial charge on any atom is 0.187 e. The third kappa shape index (κ3) is 4.44. The van der Waals surface area contributed by atoms with Crippen molar-refractivity contribution in [3.8, 4) is 0 Å². The first-order valence-corrected chi connectivity index (χ1v) is 8.20. The Labute approximate surface area is 122 Å². The lowest BCUT2D eigenvalue weighted by Crippen LogP contribution is -2.45. The van der Waals surface area contributed by atoms with Crippen LogP contribution in [0.15, 0.2) is 5.10 Å². The lowest BCUT2D eigenvalue weighted by atomic mass is 9.86. The van der Waals surface area contributed by atoms with Gasteiger partial charge in [-0.15, -0.1) is 0 Å². The molecule has 108 valence electrons. The molecule has 0 heterocycles. The first-order valence-electron chi connectivity index (χ1n) is 7.80. The summed E-state index contributed by atoms with van der Waals surface area (Å²) in [5.41, 5.74) is 4.34. The lowest BCUT2D eigenvalue weighted by Gasteiger charge is -2.30. The summed E-state index contributed by atoms with van der Waals surface area (Å²) in [6, 6.07) is 0.526. The van der Waals surface area contributed by atoms with Crippen molar-refractivity contribution in [3.05, 3.63) is 0 Å². The number of nitrogens with zero attached hydrogens (tertiary/aromatic N) is 1. The quantitative estimate of drug-likeness (QED) is 0.600. The molecule has 0 radical (unpaired) electrons. The Morgan fingerprint density at radius 1 is 1.11 bits per heavy atom. The van der Waals surface area contributed by atoms with Gasteiger partial charge in [0.15, 0.2) is 5.11 Å². The second-order valence-electron chi connectivity index (χ2n) is 6.20. The zero-order chi connectivity index (χ0) is 13.7. The third-order valence-corrected chi connectivity index (χ3v) is 4.83. The van der Waals surface area contributed by atoms with Gasteiger partial charge in [-0.2, -0.15) is 5.10 Å². The number of nitrogens with one attached hydrogen (secondary N) is 2. The van der Waals surface area contributed by atoms with Crippen LogP contribution in [-0.4, -0.2) is 16.9 Å². The van der Waals surface area contributed by atoms with E-state index in [4.69, 9.17) is 12.2 Å². The van der Waals surface area contributed by atoms with Crippen LogP contribution >= 0.6 is 12.2 Å². The Morgan fingerprint density at radius 2 is 1.84 bits per heavy atom. The molecule has 0 unspecified atom stereocenters. The fourth-order valence-corrected chi connectivity index (χ4v) is 3.39. The van der Waals surface area contributed by atoms with Crippen molar-refractivity contribution in [2.45, 2.75) is 71.3 Å². The van der Waals surface area contributed by atoms with Gasteiger partial charge in [0.2, 0.25) is 0 Å². The number of hydrazone groups is 1. The van der Waals surface area contributed by atoms with Gasteiger partial charge in [-0.05, 0) is 56.2 Å². The Balaban J connectivity index is 1.78. The third-order valence-electron chi connectivity index (χ3n) is 4.62. The molecule has 2 saturated carbocycles. The molecule has 0 bridgehead atoms. The molecule has 0 aliphatic heterocycles. The maximum atomic E-state index is 5.37. The van der Waals surface area contributed by atoms with Gasteiger partial charge in [0, 0.05) is 11.8 Å². The van der Waals surface area contributed by atoms with Crippen molar-refractivity contribution in [1.29, 1.82) is 0 Å². The van der Waals surface area contributed by atoms with E-state index in [-0.39, 0.29) is 0 Å². The Hall–Kier alpha value is -0.640. The van der Waals surface area contributed by atoms with Gasteiger partial charge in [-0.3, -0.25) is 5.43 Å². The van der Waals surface area contributed by atoms with E-state index in [1.807, 2.05) is 0 Å². The summed E-state index contributed by atoms with van der Waals surface area (Å²) >= 11 is 5.37. The van der Waals surface area contributed by atoms with E-state index in [9.17, 15) is 0 Å². The summed E-state index contributed by atoms with van der Waals surface area (Å²) in [4.78, 5) is 0. The molecule has 2 aliphatic carbocycles. The molecule has 0 aromatic rings. The highest BCUT2D eigenvalue weighted by atomic mass is 32.1. The zero-order valence-corrected chi connectivity index (χ0v) is 13.1. The van der Waals surface area contributed by atoms with Crippen LogP contribution in [0.1, 0.15) is 65.2 Å². The Bertz CT molecular complexity index is 340. The minimum Gasteiger partial charge on any atom is -0.358 e. The molecule has 0 spiro atoms. The second-order valence-corrected chi connectivity index (χ2v) is 6.61. The molecular formula is C15H27N3S. The smallest absolute Gasteiger partial charge is 0.187 e. The molecule has 0 amide bonds. The standard InChI is InChI=1S/C15H27N3S/c1-11-7-3-5-9-13(11)16-15(19)18-17-14-10-6-4-8-12(14)2/h11-13H,3-10H2,1-2H3,(H2,16,18,19)/t11-,12-,13+/m0/s1. The van der Waals surface area contributed by atoms with Crippen molar-refractivity contribution >= 4 is 23.0 Å². The van der Waals surface area contributed by atoms with Crippen LogP contribution in [0.2, 0.25) is 0 Å². The molecule has 0 aromatic carbocycles. The van der Waals surface area contributed by atoms with Crippen molar-refractivity contribution in [2.24, 2.45) is 16.9 Å². The largest absolute Gasteiger partial charge is 0.358 e. The van der Waals surface area contributed by atoms with Crippen LogP contribution in [0.3, 0.4) is 0 Å². The summed E-state index contributed by atoms with van der Waals surface area (Å²) in [6.07, 6.45) is 10.2. The van der Waals surface area contributed by atoms with Crippen molar-refractivity contribution in [2.75, 3.05) is 0 Å². The molecule has 2 rings (SSSR count). The molecule has 0 saturated heterocycles. The van der Waals surface area contributed by atoms with E-state index >= 15 is 0 Å². The van der Waals surface area contributed by atoms with Gasteiger partial charge in [-0.1, -0.05) is 33.1 Å². The van der Waals surface area contributed by atoms with Crippen LogP contribution < -0.4 is 10.7 Å². The van der Waals surface area contributed by atoms with Crippen LogP contribution in [-0.2, 0) is 0 Å². The van der Waals surface area contributed by atoms with E-state index in [2.05, 4.69) is 29.7 Å². The lowest BCUT2D eigenvalue weighted by molar-refractivity contribution is 0.308. The molecule has 4 heteroatoms. The van der Waals surface area contributed by atoms with Crippen LogP contribution in [0.25, 0.3) is 0 Å². The highest BCUT2D eigenvalue weighted by Gasteiger charge is 2.21. The molecule has 0 aromatic heterocycles. The summed E-state index contributed by atoms with van der Waals surface area (Å²) in [6.45, 7) is 4.58. The summed E-state index contributed by atoms with van der Waals surface area (Å²) in [5, 5.41) is 8.65. The first kappa shape index (κ1) is 14.8. The number of rotatable bonds is 2. The van der Waals surface area contributed by atoms with E-state index in [0.717, 1.165) is 12.3 Å². The SMILES string of the molecule is C[C@H]1CCCCC1=NNC(=S)N[C@@H]1CCCC[C@@H]1C. The fourth-order valence-electron chi connectivity index (χ4n) is 3.19. The summed E-state index contributed by atoms with van der Waals surface area (Å²) in [7, 11) is 0. The molecule has 3 atom stereocenters. The minimum atomic E-state index is 0.526. The van der Waals surface area contributed by atoms with Crippen LogP contribution in [0.4, 0.5) is 0 Å². The average molecular weight is 281 g/mol. The number of hydrogen-bond donors (Lipinski definition) is 2. The van der Waals surface area contributed by atoms with Gasteiger partial charge in [0.25, 0.3) is 0 Å². The average Bonchev–Trinajstić information content (AvgIpc) is 2.40. The maximum absolute atomic E-state index is 5.37. The Kier molecular flexibility index (Phi) is 5.61. The van der Waals surface area contributed by atoms with Gasteiger partial charge >= 0.3 is 0 Å². The molecular weight excluding hydrogens is 254 g/mol. The van der Waals surface area contributed by atoms with E-state index in [1.54, 1.807) is 0 Å². The van der Waals surface area contributed by atoms with E-state index in [1.165, 1.54) is 50.7 Å². The van der Waals surface area contributed by atoms with Gasteiger partial charge in [0.1, 0.15) is 0 Å². The summed E-state index contributed by atoms with van der Waals surface area (Å²) < 4.78 is 0. The highest BCUT2D eigenvalue weighted by molar-refractivity contribution is 7.80. The van der Waals surface area contributed by atoms with Crippen molar-refractivity contribution < 1.29 is 0 Å². The monoisotopic (exact) mass is 281 g/mol. The van der Waals surface area contributed by atoms with Gasteiger partial charge in [0.05, 0.1) is 0 Å². The number of thiocarbonyl (C=S) groups is 1. The minimum absolute atomic E-state index is 0.526. The topological polar surface area (TPSA) is 36.4 Å². The zero-order valence-electron chi connectivity index (χ0n) is 12.2. The van der Waals surface area contributed by atoms with Gasteiger partial charge in [-0.25, -0.2) is 0 Å². The highest BCUT2D eigenvalue weighted by Crippen LogP contribution is 2.23. The predicted octanol–water partition coefficient (Wildman–Crippen LogP) is 3.60. The Morgan fingerprint density at radius 3 is 2.58 bits per heavy atom. The van der Waals surface area contributed by atoms with Crippen molar-refractivity contribution in [1.82, 2.24) is 10.7 Å². The van der Waals surface area contributed by atoms with Crippen LogP contribution in [0.5, 0.6) is 0 Å². The van der Waals surface area contributed by atoms with E-state index in [0.29, 0.717) is 17.1 Å². The molecule has 2 aliphatic rings. The van der Waals surface area contributed by atoms with Gasteiger partial charge < -0.3 is 5.32 Å². The summed E-state index contributed by atoms with van der Waals surface area (Å²) in [5.74, 6) is 1.33. The normalized spacial score (nSPS) is 34.0. The molecule has 19 heavy (non-hydrogen) atoms. The second kappa shape index (κ2) is 7.22. The fraction of sp³-hybridized carbons (Fsp3) is 0.867. The molecule has 2 fully saturated rings. The number of hydrogen-bond acceptors (Lipinski definition) is 2. The predicted molar refractivity (Wildman–Crippen MR) is 85.4 cm³/mol. The van der Waals surface area contributed by atoms with E-state index < -0.39 is 0 Å². The first-order chi connectivity index (χ1) is 9.16. The van der Waals surface area contributed by atoms with Crippen molar-refractivity contribution in [3.63, 3.8) is 0 Å². The van der Waals surface area contributed by atoms with Crippen LogP contribution in [0, 0.1) is 11.8 Å². The molecule has 3 nitrogen and oxygen atoms in total.